The zero-order chi connectivity index (χ0) is 16.5. The van der Waals surface area contributed by atoms with E-state index in [0.717, 1.165) is 5.82 Å². The lowest BCUT2D eigenvalue weighted by atomic mass is 9.86. The number of carbonyl (C=O) groups excluding carboxylic acids is 1. The van der Waals surface area contributed by atoms with Gasteiger partial charge in [-0.1, -0.05) is 6.92 Å². The topological polar surface area (TPSA) is 84.7 Å². The minimum atomic E-state index is -0.889. The van der Waals surface area contributed by atoms with Crippen LogP contribution in [0.1, 0.15) is 39.9 Å². The van der Waals surface area contributed by atoms with Gasteiger partial charge in [-0.2, -0.15) is 0 Å². The summed E-state index contributed by atoms with van der Waals surface area (Å²) in [5.74, 6) is -0.0651. The monoisotopic (exact) mass is 309 g/mol. The Morgan fingerprint density at radius 2 is 2.05 bits per heavy atom. The van der Waals surface area contributed by atoms with Gasteiger partial charge in [-0.05, 0) is 20.8 Å². The predicted molar refractivity (Wildman–Crippen MR) is 79.6 cm³/mol. The lowest BCUT2D eigenvalue weighted by molar-refractivity contribution is -0.142. The van der Waals surface area contributed by atoms with Gasteiger partial charge in [-0.25, -0.2) is 9.78 Å². The summed E-state index contributed by atoms with van der Waals surface area (Å²) in [7, 11) is 0. The highest BCUT2D eigenvalue weighted by molar-refractivity contribution is 5.72. The van der Waals surface area contributed by atoms with Crippen molar-refractivity contribution in [1.82, 2.24) is 14.5 Å². The second-order valence-electron chi connectivity index (χ2n) is 6.70. The van der Waals surface area contributed by atoms with Gasteiger partial charge in [0.25, 0.3) is 0 Å². The molecule has 7 nitrogen and oxygen atoms in total. The van der Waals surface area contributed by atoms with Gasteiger partial charge < -0.3 is 19.3 Å². The molecule has 1 aliphatic rings. The van der Waals surface area contributed by atoms with E-state index in [-0.39, 0.29) is 6.42 Å². The molecule has 0 aliphatic carbocycles. The van der Waals surface area contributed by atoms with E-state index >= 15 is 0 Å². The van der Waals surface area contributed by atoms with Crippen molar-refractivity contribution in [3.8, 4) is 0 Å². The van der Waals surface area contributed by atoms with E-state index in [4.69, 9.17) is 4.74 Å². The third kappa shape index (κ3) is 3.23. The molecule has 1 N–H and O–H groups in total. The largest absolute Gasteiger partial charge is 0.481 e. The van der Waals surface area contributed by atoms with Crippen LogP contribution >= 0.6 is 0 Å². The summed E-state index contributed by atoms with van der Waals surface area (Å²) < 4.78 is 7.22. The van der Waals surface area contributed by atoms with Crippen molar-refractivity contribution in [3.63, 3.8) is 0 Å². The average molecular weight is 309 g/mol. The minimum Gasteiger partial charge on any atom is -0.481 e. The van der Waals surface area contributed by atoms with Crippen LogP contribution < -0.4 is 0 Å². The van der Waals surface area contributed by atoms with Crippen LogP contribution in [-0.4, -0.2) is 50.3 Å². The number of imidazole rings is 1. The van der Waals surface area contributed by atoms with E-state index in [9.17, 15) is 14.7 Å². The van der Waals surface area contributed by atoms with E-state index in [1.165, 1.54) is 4.90 Å². The third-order valence-corrected chi connectivity index (χ3v) is 3.65. The van der Waals surface area contributed by atoms with E-state index in [2.05, 4.69) is 4.98 Å². The number of amides is 1. The molecule has 1 aromatic heterocycles. The van der Waals surface area contributed by atoms with Crippen molar-refractivity contribution in [2.75, 3.05) is 13.1 Å². The molecule has 0 atom stereocenters. The van der Waals surface area contributed by atoms with Crippen molar-refractivity contribution in [3.05, 3.63) is 18.2 Å². The number of ether oxygens (including phenoxy) is 1. The standard InChI is InChI=1S/C15H23N3O4/c1-5-11-16-6-7-18(11)15(8-12(19)20)9-17(10-15)13(21)22-14(2,3)4/h6-7H,5,8-10H2,1-4H3,(H,19,20). The summed E-state index contributed by atoms with van der Waals surface area (Å²) in [6.07, 6.45) is 3.70. The first-order valence-electron chi connectivity index (χ1n) is 7.39. The second kappa shape index (κ2) is 5.62. The van der Waals surface area contributed by atoms with Gasteiger partial charge in [-0.3, -0.25) is 4.79 Å². The van der Waals surface area contributed by atoms with Crippen LogP contribution in [0.4, 0.5) is 4.79 Å². The van der Waals surface area contributed by atoms with E-state index in [1.54, 1.807) is 33.2 Å². The summed E-state index contributed by atoms with van der Waals surface area (Å²) in [4.78, 5) is 29.1. The maximum absolute atomic E-state index is 12.1. The lowest BCUT2D eigenvalue weighted by Crippen LogP contribution is -2.65. The first kappa shape index (κ1) is 16.3. The SMILES string of the molecule is CCc1nccn1C1(CC(=O)O)CN(C(=O)OC(C)(C)C)C1. The van der Waals surface area contributed by atoms with E-state index < -0.39 is 23.2 Å². The van der Waals surface area contributed by atoms with E-state index in [1.807, 2.05) is 11.5 Å². The Balaban J connectivity index is 2.16. The molecule has 1 aromatic rings. The minimum absolute atomic E-state index is 0.0460. The molecule has 2 rings (SSSR count). The predicted octanol–water partition coefficient (Wildman–Crippen LogP) is 1.87. The molecule has 1 saturated heterocycles. The Hall–Kier alpha value is -2.05. The van der Waals surface area contributed by atoms with Crippen LogP contribution in [0.2, 0.25) is 0 Å². The number of nitrogens with zero attached hydrogens (tertiary/aromatic N) is 3. The normalized spacial score (nSPS) is 17.0. The molecule has 1 aliphatic heterocycles. The number of rotatable bonds is 4. The van der Waals surface area contributed by atoms with Crippen LogP contribution in [0.5, 0.6) is 0 Å². The average Bonchev–Trinajstić information content (AvgIpc) is 2.78. The van der Waals surface area contributed by atoms with Gasteiger partial charge in [0, 0.05) is 31.9 Å². The van der Waals surface area contributed by atoms with Crippen molar-refractivity contribution >= 4 is 12.1 Å². The highest BCUT2D eigenvalue weighted by Gasteiger charge is 2.50. The molecular formula is C15H23N3O4. The summed E-state index contributed by atoms with van der Waals surface area (Å²) >= 11 is 0. The molecule has 0 unspecified atom stereocenters. The molecular weight excluding hydrogens is 286 g/mol. The molecule has 1 fully saturated rings. The zero-order valence-electron chi connectivity index (χ0n) is 13.5. The molecule has 22 heavy (non-hydrogen) atoms. The smallest absolute Gasteiger partial charge is 0.410 e. The van der Waals surface area contributed by atoms with Gasteiger partial charge in [-0.15, -0.1) is 0 Å². The van der Waals surface area contributed by atoms with Crippen LogP contribution in [0, 0.1) is 0 Å². The Bertz CT molecular complexity index is 568. The Labute approximate surface area is 129 Å². The van der Waals surface area contributed by atoms with Crippen LogP contribution in [0.25, 0.3) is 0 Å². The van der Waals surface area contributed by atoms with Crippen molar-refractivity contribution in [1.29, 1.82) is 0 Å². The first-order chi connectivity index (χ1) is 10.2. The van der Waals surface area contributed by atoms with Gasteiger partial charge in [0.15, 0.2) is 0 Å². The van der Waals surface area contributed by atoms with Gasteiger partial charge in [0.05, 0.1) is 12.0 Å². The summed E-state index contributed by atoms with van der Waals surface area (Å²) in [6.45, 7) is 8.02. The van der Waals surface area contributed by atoms with Gasteiger partial charge in [0.1, 0.15) is 11.4 Å². The number of aryl methyl sites for hydroxylation is 1. The third-order valence-electron chi connectivity index (χ3n) is 3.65. The zero-order valence-corrected chi connectivity index (χ0v) is 13.5. The van der Waals surface area contributed by atoms with E-state index in [0.29, 0.717) is 19.5 Å². The van der Waals surface area contributed by atoms with Crippen LogP contribution in [-0.2, 0) is 21.5 Å². The quantitative estimate of drug-likeness (QED) is 0.917. The fourth-order valence-corrected chi connectivity index (χ4v) is 2.78. The number of hydrogen-bond donors (Lipinski definition) is 1. The Morgan fingerprint density at radius 3 is 2.55 bits per heavy atom. The molecule has 7 heteroatoms. The van der Waals surface area contributed by atoms with Crippen molar-refractivity contribution in [2.45, 2.75) is 51.7 Å². The summed E-state index contributed by atoms with van der Waals surface area (Å²) in [5.41, 5.74) is -1.20. The molecule has 0 saturated carbocycles. The highest BCUT2D eigenvalue weighted by Crippen LogP contribution is 2.35. The van der Waals surface area contributed by atoms with Crippen LogP contribution in [0.3, 0.4) is 0 Å². The fraction of sp³-hybridized carbons (Fsp3) is 0.667. The number of aromatic nitrogens is 2. The molecule has 0 aromatic carbocycles. The van der Waals surface area contributed by atoms with Gasteiger partial charge >= 0.3 is 12.1 Å². The molecule has 0 bridgehead atoms. The van der Waals surface area contributed by atoms with Crippen molar-refractivity contribution < 1.29 is 19.4 Å². The number of likely N-dealkylation sites (tertiary alicyclic amines) is 1. The molecule has 0 radical (unpaired) electrons. The molecule has 0 spiro atoms. The number of aliphatic carboxylic acids is 1. The fourth-order valence-electron chi connectivity index (χ4n) is 2.78. The highest BCUT2D eigenvalue weighted by atomic mass is 16.6. The molecule has 2 heterocycles. The number of carboxylic acids is 1. The summed E-state index contributed by atoms with van der Waals surface area (Å²) in [5, 5.41) is 9.22. The van der Waals surface area contributed by atoms with Crippen LogP contribution in [0.15, 0.2) is 12.4 Å². The van der Waals surface area contributed by atoms with Gasteiger partial charge in [0.2, 0.25) is 0 Å². The maximum atomic E-state index is 12.1. The summed E-state index contributed by atoms with van der Waals surface area (Å²) in [6, 6.07) is 0. The molecule has 1 amide bonds. The Kier molecular flexibility index (Phi) is 4.17. The number of carbonyl (C=O) groups is 2. The molecule has 122 valence electrons. The number of hydrogen-bond acceptors (Lipinski definition) is 4. The Morgan fingerprint density at radius 1 is 1.41 bits per heavy atom. The second-order valence-corrected chi connectivity index (χ2v) is 6.70. The number of carboxylic acid groups (broad SMARTS) is 1. The maximum Gasteiger partial charge on any atom is 0.410 e. The lowest BCUT2D eigenvalue weighted by Gasteiger charge is -2.50. The first-order valence-corrected chi connectivity index (χ1v) is 7.39. The van der Waals surface area contributed by atoms with Crippen molar-refractivity contribution in [2.24, 2.45) is 0 Å².